The lowest BCUT2D eigenvalue weighted by Gasteiger charge is -2.18. The molecule has 0 unspecified atom stereocenters. The third-order valence-electron chi connectivity index (χ3n) is 5.06. The molecule has 5 rings (SSSR count). The van der Waals surface area contributed by atoms with E-state index < -0.39 is 0 Å². The first kappa shape index (κ1) is 18.9. The quantitative estimate of drug-likeness (QED) is 0.483. The molecule has 1 aliphatic rings. The van der Waals surface area contributed by atoms with Crippen molar-refractivity contribution in [2.24, 2.45) is 0 Å². The number of aromatic nitrogens is 2. The van der Waals surface area contributed by atoms with Crippen LogP contribution < -0.4 is 14.8 Å². The standard InChI is InChI=1S/C25H21N3O3/c29-25(26-16-17-6-2-1-3-7-17)19(24-27-20-8-4-5-9-21(20)28-24)14-18-10-11-22-23(15-18)31-13-12-30-22/h1-11,14-15H,12-13,16H2,(H,26,29)(H,27,28)/b19-14+. The van der Waals surface area contributed by atoms with Gasteiger partial charge in [0.2, 0.25) is 0 Å². The minimum Gasteiger partial charge on any atom is -0.486 e. The maximum absolute atomic E-state index is 13.2. The minimum atomic E-state index is -0.210. The number of hydrogen-bond donors (Lipinski definition) is 2. The van der Waals surface area contributed by atoms with E-state index in [1.807, 2.05) is 78.9 Å². The van der Waals surface area contributed by atoms with Crippen LogP contribution in [0.2, 0.25) is 0 Å². The van der Waals surface area contributed by atoms with Gasteiger partial charge in [-0.3, -0.25) is 4.79 Å². The summed E-state index contributed by atoms with van der Waals surface area (Å²) in [6.45, 7) is 1.47. The molecule has 0 bridgehead atoms. The second-order valence-electron chi connectivity index (χ2n) is 7.23. The lowest BCUT2D eigenvalue weighted by atomic mass is 10.1. The zero-order chi connectivity index (χ0) is 21.0. The van der Waals surface area contributed by atoms with Gasteiger partial charge in [0.25, 0.3) is 5.91 Å². The van der Waals surface area contributed by atoms with Crippen molar-refractivity contribution in [3.8, 4) is 11.5 Å². The van der Waals surface area contributed by atoms with Gasteiger partial charge < -0.3 is 19.8 Å². The normalized spacial score (nSPS) is 13.2. The van der Waals surface area contributed by atoms with Crippen LogP contribution in [0.4, 0.5) is 0 Å². The highest BCUT2D eigenvalue weighted by molar-refractivity contribution is 6.23. The predicted molar refractivity (Wildman–Crippen MR) is 120 cm³/mol. The number of aromatic amines is 1. The van der Waals surface area contributed by atoms with Crippen LogP contribution in [0, 0.1) is 0 Å². The average molecular weight is 411 g/mol. The number of rotatable bonds is 5. The number of fused-ring (bicyclic) bond motifs is 2. The largest absolute Gasteiger partial charge is 0.486 e. The topological polar surface area (TPSA) is 76.2 Å². The summed E-state index contributed by atoms with van der Waals surface area (Å²) in [5.41, 5.74) is 3.99. The molecular weight excluding hydrogens is 390 g/mol. The lowest BCUT2D eigenvalue weighted by Crippen LogP contribution is -2.24. The molecule has 31 heavy (non-hydrogen) atoms. The number of amides is 1. The highest BCUT2D eigenvalue weighted by Crippen LogP contribution is 2.32. The predicted octanol–water partition coefficient (Wildman–Crippen LogP) is 4.19. The zero-order valence-corrected chi connectivity index (χ0v) is 16.8. The summed E-state index contributed by atoms with van der Waals surface area (Å²) < 4.78 is 11.3. The lowest BCUT2D eigenvalue weighted by molar-refractivity contribution is -0.115. The summed E-state index contributed by atoms with van der Waals surface area (Å²) in [5.74, 6) is 1.69. The van der Waals surface area contributed by atoms with Crippen molar-refractivity contribution in [1.29, 1.82) is 0 Å². The number of nitrogens with zero attached hydrogens (tertiary/aromatic N) is 1. The summed E-state index contributed by atoms with van der Waals surface area (Å²) in [7, 11) is 0. The van der Waals surface area contributed by atoms with Crippen LogP contribution >= 0.6 is 0 Å². The van der Waals surface area contributed by atoms with Crippen molar-refractivity contribution in [3.05, 3.63) is 89.7 Å². The van der Waals surface area contributed by atoms with E-state index >= 15 is 0 Å². The molecule has 3 aromatic carbocycles. The average Bonchev–Trinajstić information content (AvgIpc) is 3.25. The van der Waals surface area contributed by atoms with Gasteiger partial charge in [-0.15, -0.1) is 0 Å². The van der Waals surface area contributed by atoms with Crippen LogP contribution in [-0.4, -0.2) is 29.1 Å². The molecule has 0 radical (unpaired) electrons. The first-order valence-corrected chi connectivity index (χ1v) is 10.1. The van der Waals surface area contributed by atoms with E-state index in [4.69, 9.17) is 9.47 Å². The monoisotopic (exact) mass is 411 g/mol. The number of para-hydroxylation sites is 2. The number of nitrogens with one attached hydrogen (secondary N) is 2. The fourth-order valence-corrected chi connectivity index (χ4v) is 3.51. The van der Waals surface area contributed by atoms with Crippen LogP contribution in [0.25, 0.3) is 22.7 Å². The van der Waals surface area contributed by atoms with E-state index in [1.54, 1.807) is 0 Å². The molecule has 0 spiro atoms. The van der Waals surface area contributed by atoms with Gasteiger partial charge in [0.05, 0.1) is 16.6 Å². The summed E-state index contributed by atoms with van der Waals surface area (Å²) in [5, 5.41) is 3.00. The molecule has 0 atom stereocenters. The van der Waals surface area contributed by atoms with Crippen LogP contribution in [-0.2, 0) is 11.3 Å². The maximum atomic E-state index is 13.2. The minimum absolute atomic E-state index is 0.210. The summed E-state index contributed by atoms with van der Waals surface area (Å²) in [6, 6.07) is 23.2. The van der Waals surface area contributed by atoms with Gasteiger partial charge in [-0.1, -0.05) is 48.5 Å². The van der Waals surface area contributed by atoms with Crippen LogP contribution in [0.15, 0.2) is 72.8 Å². The summed E-state index contributed by atoms with van der Waals surface area (Å²) in [6.07, 6.45) is 1.82. The molecule has 1 aromatic heterocycles. The SMILES string of the molecule is O=C(NCc1ccccc1)/C(=C/c1ccc2c(c1)OCCO2)c1nc2ccccc2[nH]1. The van der Waals surface area contributed by atoms with Crippen molar-refractivity contribution in [1.82, 2.24) is 15.3 Å². The fraction of sp³-hybridized carbons (Fsp3) is 0.120. The molecule has 0 fully saturated rings. The second kappa shape index (κ2) is 8.36. The third kappa shape index (κ3) is 4.14. The Bertz CT molecular complexity index is 1230. The number of hydrogen-bond acceptors (Lipinski definition) is 4. The molecule has 1 aliphatic heterocycles. The Labute approximate surface area is 179 Å². The van der Waals surface area contributed by atoms with E-state index in [9.17, 15) is 4.79 Å². The first-order chi connectivity index (χ1) is 15.3. The van der Waals surface area contributed by atoms with Gasteiger partial charge in [0, 0.05) is 6.54 Å². The Hall–Kier alpha value is -4.06. The number of ether oxygens (including phenoxy) is 2. The summed E-state index contributed by atoms with van der Waals surface area (Å²) >= 11 is 0. The zero-order valence-electron chi connectivity index (χ0n) is 16.8. The van der Waals surface area contributed by atoms with Crippen molar-refractivity contribution < 1.29 is 14.3 Å². The molecule has 0 saturated carbocycles. The van der Waals surface area contributed by atoms with Gasteiger partial charge in [-0.25, -0.2) is 4.98 Å². The number of benzene rings is 3. The molecule has 1 amide bonds. The molecular formula is C25H21N3O3. The number of carbonyl (C=O) groups excluding carboxylic acids is 1. The van der Waals surface area contributed by atoms with Crippen molar-refractivity contribution in [2.75, 3.05) is 13.2 Å². The molecule has 154 valence electrons. The van der Waals surface area contributed by atoms with Gasteiger partial charge in [-0.05, 0) is 41.5 Å². The van der Waals surface area contributed by atoms with Crippen molar-refractivity contribution in [2.45, 2.75) is 6.54 Å². The van der Waals surface area contributed by atoms with E-state index in [1.165, 1.54) is 0 Å². The van der Waals surface area contributed by atoms with Gasteiger partial charge in [0.1, 0.15) is 19.0 Å². The number of carbonyl (C=O) groups is 1. The Morgan fingerprint density at radius 2 is 1.74 bits per heavy atom. The van der Waals surface area contributed by atoms with Gasteiger partial charge in [-0.2, -0.15) is 0 Å². The second-order valence-corrected chi connectivity index (χ2v) is 7.23. The molecule has 6 nitrogen and oxygen atoms in total. The van der Waals surface area contributed by atoms with Crippen molar-refractivity contribution in [3.63, 3.8) is 0 Å². The van der Waals surface area contributed by atoms with Gasteiger partial charge in [0.15, 0.2) is 11.5 Å². The number of imidazole rings is 1. The maximum Gasteiger partial charge on any atom is 0.255 e. The van der Waals surface area contributed by atoms with Crippen molar-refractivity contribution >= 4 is 28.6 Å². The van der Waals surface area contributed by atoms with E-state index in [-0.39, 0.29) is 5.91 Å². The molecule has 2 N–H and O–H groups in total. The smallest absolute Gasteiger partial charge is 0.255 e. The molecule has 0 saturated heterocycles. The van der Waals surface area contributed by atoms with E-state index in [0.717, 1.165) is 22.2 Å². The Morgan fingerprint density at radius 1 is 0.968 bits per heavy atom. The van der Waals surface area contributed by atoms with Crippen LogP contribution in [0.3, 0.4) is 0 Å². The Morgan fingerprint density at radius 3 is 2.58 bits per heavy atom. The first-order valence-electron chi connectivity index (χ1n) is 10.1. The van der Waals surface area contributed by atoms with E-state index in [0.29, 0.717) is 42.7 Å². The fourth-order valence-electron chi connectivity index (χ4n) is 3.51. The highest BCUT2D eigenvalue weighted by atomic mass is 16.6. The van der Waals surface area contributed by atoms with Crippen LogP contribution in [0.5, 0.6) is 11.5 Å². The molecule has 4 aromatic rings. The molecule has 6 heteroatoms. The van der Waals surface area contributed by atoms with E-state index in [2.05, 4.69) is 15.3 Å². The third-order valence-corrected chi connectivity index (χ3v) is 5.06. The van der Waals surface area contributed by atoms with Crippen LogP contribution in [0.1, 0.15) is 17.0 Å². The Kier molecular flexibility index (Phi) is 5.10. The highest BCUT2D eigenvalue weighted by Gasteiger charge is 2.18. The Balaban J connectivity index is 1.50. The number of H-pyrrole nitrogens is 1. The summed E-state index contributed by atoms with van der Waals surface area (Å²) in [4.78, 5) is 21.1. The van der Waals surface area contributed by atoms with Gasteiger partial charge >= 0.3 is 0 Å². The molecule has 0 aliphatic carbocycles. The molecule has 2 heterocycles.